The zero-order valence-corrected chi connectivity index (χ0v) is 14.1. The second-order valence-corrected chi connectivity index (χ2v) is 6.43. The van der Waals surface area contributed by atoms with Crippen LogP contribution in [-0.4, -0.2) is 26.6 Å². The lowest BCUT2D eigenvalue weighted by molar-refractivity contribution is 0.101. The Morgan fingerprint density at radius 2 is 1.92 bits per heavy atom. The zero-order chi connectivity index (χ0) is 17.9. The third-order valence-electron chi connectivity index (χ3n) is 4.01. The van der Waals surface area contributed by atoms with Gasteiger partial charge < -0.3 is 20.6 Å². The molecule has 4 N–H and O–H groups in total. The Morgan fingerprint density at radius 1 is 1.21 bits per heavy atom. The van der Waals surface area contributed by atoms with Gasteiger partial charge in [-0.1, -0.05) is 18.2 Å². The topological polar surface area (TPSA) is 89.8 Å². The molecule has 0 aliphatic carbocycles. The number of aliphatic hydroxyl groups excluding tert-OH is 2. The average molecular weight is 329 g/mol. The number of hydrogen-bond donors (Lipinski definition) is 4. The van der Waals surface area contributed by atoms with Crippen LogP contribution >= 0.6 is 0 Å². The fourth-order valence-corrected chi connectivity index (χ4v) is 2.58. The summed E-state index contributed by atoms with van der Waals surface area (Å²) in [5.74, 6) is -0.0310. The molecule has 0 unspecified atom stereocenters. The number of carbonyl (C=O) groups is 1. The Kier molecular flexibility index (Phi) is 5.26. The summed E-state index contributed by atoms with van der Waals surface area (Å²) in [4.78, 5) is 11.5. The van der Waals surface area contributed by atoms with Crippen LogP contribution in [0.3, 0.4) is 0 Å². The van der Waals surface area contributed by atoms with Crippen molar-refractivity contribution in [3.05, 3.63) is 59.2 Å². The Balaban J connectivity index is 2.26. The van der Waals surface area contributed by atoms with Gasteiger partial charge in [0.15, 0.2) is 5.78 Å². The van der Waals surface area contributed by atoms with E-state index >= 15 is 0 Å². The molecule has 2 rings (SSSR count). The van der Waals surface area contributed by atoms with Crippen molar-refractivity contribution in [1.29, 1.82) is 0 Å². The number of rotatable bonds is 6. The van der Waals surface area contributed by atoms with Crippen molar-refractivity contribution < 1.29 is 20.1 Å². The van der Waals surface area contributed by atoms with E-state index in [1.54, 1.807) is 30.3 Å². The van der Waals surface area contributed by atoms with Gasteiger partial charge in [-0.15, -0.1) is 0 Å². The molecule has 0 heterocycles. The smallest absolute Gasteiger partial charge is 0.159 e. The van der Waals surface area contributed by atoms with Crippen LogP contribution in [0.25, 0.3) is 0 Å². The van der Waals surface area contributed by atoms with Gasteiger partial charge >= 0.3 is 0 Å². The first-order chi connectivity index (χ1) is 11.2. The lowest BCUT2D eigenvalue weighted by Crippen LogP contribution is -2.38. The quantitative estimate of drug-likeness (QED) is 0.612. The van der Waals surface area contributed by atoms with E-state index in [2.05, 4.69) is 5.32 Å². The minimum absolute atomic E-state index is 0.00613. The second-order valence-electron chi connectivity index (χ2n) is 6.43. The fourth-order valence-electron chi connectivity index (χ4n) is 2.58. The molecule has 128 valence electrons. The van der Waals surface area contributed by atoms with Crippen molar-refractivity contribution in [2.45, 2.75) is 39.0 Å². The Morgan fingerprint density at radius 3 is 2.54 bits per heavy atom. The molecule has 24 heavy (non-hydrogen) atoms. The molecule has 0 aliphatic heterocycles. The van der Waals surface area contributed by atoms with Gasteiger partial charge in [-0.05, 0) is 50.6 Å². The molecular weight excluding hydrogens is 306 g/mol. The van der Waals surface area contributed by atoms with Crippen LogP contribution in [0.1, 0.15) is 48.4 Å². The first kappa shape index (κ1) is 18.0. The highest BCUT2D eigenvalue weighted by atomic mass is 16.3. The number of nitrogens with one attached hydrogen (secondary N) is 1. The number of benzene rings is 2. The van der Waals surface area contributed by atoms with Crippen molar-refractivity contribution in [3.8, 4) is 5.75 Å². The summed E-state index contributed by atoms with van der Waals surface area (Å²) in [6.45, 7) is 4.88. The Labute approximate surface area is 141 Å². The maximum atomic E-state index is 11.5. The van der Waals surface area contributed by atoms with Crippen LogP contribution in [-0.2, 0) is 6.61 Å². The van der Waals surface area contributed by atoms with E-state index in [-0.39, 0.29) is 18.1 Å². The second kappa shape index (κ2) is 7.03. The summed E-state index contributed by atoms with van der Waals surface area (Å²) in [6, 6.07) is 11.8. The SMILES string of the molecule is CC(=O)c1cccc(NC(C)(C)[C@H](O)c2ccc(O)c(CO)c2)c1. The summed E-state index contributed by atoms with van der Waals surface area (Å²) < 4.78 is 0. The number of Topliss-reactive ketones (excluding diaryl/α,β-unsaturated/α-hetero) is 1. The van der Waals surface area contributed by atoms with E-state index in [4.69, 9.17) is 0 Å². The van der Waals surface area contributed by atoms with E-state index in [9.17, 15) is 20.1 Å². The monoisotopic (exact) mass is 329 g/mol. The summed E-state index contributed by atoms with van der Waals surface area (Å²) >= 11 is 0. The number of hydrogen-bond acceptors (Lipinski definition) is 5. The largest absolute Gasteiger partial charge is 0.508 e. The molecule has 0 saturated heterocycles. The molecule has 0 fully saturated rings. The number of aliphatic hydroxyl groups is 2. The van der Waals surface area contributed by atoms with Gasteiger partial charge in [0.1, 0.15) is 11.9 Å². The van der Waals surface area contributed by atoms with Crippen LogP contribution < -0.4 is 5.32 Å². The summed E-state index contributed by atoms with van der Waals surface area (Å²) in [7, 11) is 0. The van der Waals surface area contributed by atoms with Gasteiger partial charge in [-0.25, -0.2) is 0 Å². The molecule has 0 aromatic heterocycles. The number of aromatic hydroxyl groups is 1. The van der Waals surface area contributed by atoms with Crippen molar-refractivity contribution in [1.82, 2.24) is 0 Å². The minimum Gasteiger partial charge on any atom is -0.508 e. The molecule has 0 spiro atoms. The standard InChI is InChI=1S/C19H23NO4/c1-12(22)13-5-4-6-16(10-13)20-19(2,3)18(24)14-7-8-17(23)15(9-14)11-21/h4-10,18,20-21,23-24H,11H2,1-3H3/t18-/m1/s1. The van der Waals surface area contributed by atoms with Crippen LogP contribution in [0.4, 0.5) is 5.69 Å². The van der Waals surface area contributed by atoms with Crippen LogP contribution in [0, 0.1) is 0 Å². The lowest BCUT2D eigenvalue weighted by Gasteiger charge is -2.33. The van der Waals surface area contributed by atoms with E-state index in [0.717, 1.165) is 5.69 Å². The molecule has 5 heteroatoms. The number of ketones is 1. The third kappa shape index (κ3) is 3.93. The number of phenols is 1. The molecule has 0 radical (unpaired) electrons. The molecular formula is C19H23NO4. The molecule has 0 saturated carbocycles. The van der Waals surface area contributed by atoms with E-state index in [1.165, 1.54) is 13.0 Å². The van der Waals surface area contributed by atoms with Gasteiger partial charge in [0, 0.05) is 16.8 Å². The normalized spacial score (nSPS) is 12.7. The molecule has 0 aliphatic rings. The number of carbonyl (C=O) groups excluding carboxylic acids is 1. The first-order valence-corrected chi connectivity index (χ1v) is 7.74. The minimum atomic E-state index is -0.885. The van der Waals surface area contributed by atoms with Gasteiger partial charge in [-0.3, -0.25) is 4.79 Å². The molecule has 2 aromatic carbocycles. The molecule has 0 amide bonds. The summed E-state index contributed by atoms with van der Waals surface area (Å²) in [5.41, 5.74) is 1.53. The average Bonchev–Trinajstić information content (AvgIpc) is 2.54. The van der Waals surface area contributed by atoms with Gasteiger partial charge in [0.2, 0.25) is 0 Å². The highest BCUT2D eigenvalue weighted by Gasteiger charge is 2.29. The Hall–Kier alpha value is -2.37. The molecule has 0 bridgehead atoms. The van der Waals surface area contributed by atoms with Crippen molar-refractivity contribution in [2.24, 2.45) is 0 Å². The predicted octanol–water partition coefficient (Wildman–Crippen LogP) is 3.01. The highest BCUT2D eigenvalue weighted by Crippen LogP contribution is 2.31. The van der Waals surface area contributed by atoms with E-state index in [1.807, 2.05) is 19.9 Å². The maximum Gasteiger partial charge on any atom is 0.159 e. The van der Waals surface area contributed by atoms with Gasteiger partial charge in [-0.2, -0.15) is 0 Å². The van der Waals surface area contributed by atoms with Gasteiger partial charge in [0.25, 0.3) is 0 Å². The predicted molar refractivity (Wildman–Crippen MR) is 93.1 cm³/mol. The number of anilines is 1. The van der Waals surface area contributed by atoms with Crippen molar-refractivity contribution in [3.63, 3.8) is 0 Å². The molecule has 5 nitrogen and oxygen atoms in total. The van der Waals surface area contributed by atoms with Gasteiger partial charge in [0.05, 0.1) is 12.1 Å². The van der Waals surface area contributed by atoms with Crippen molar-refractivity contribution in [2.75, 3.05) is 5.32 Å². The first-order valence-electron chi connectivity index (χ1n) is 7.74. The summed E-state index contributed by atoms with van der Waals surface area (Å²) in [6.07, 6.45) is -0.885. The third-order valence-corrected chi connectivity index (χ3v) is 4.01. The summed E-state index contributed by atoms with van der Waals surface area (Å²) in [5, 5.41) is 32.8. The molecule has 2 aromatic rings. The fraction of sp³-hybridized carbons (Fsp3) is 0.316. The zero-order valence-electron chi connectivity index (χ0n) is 14.1. The lowest BCUT2D eigenvalue weighted by atomic mass is 9.90. The maximum absolute atomic E-state index is 11.5. The molecule has 1 atom stereocenters. The Bertz CT molecular complexity index is 740. The van der Waals surface area contributed by atoms with E-state index in [0.29, 0.717) is 16.7 Å². The van der Waals surface area contributed by atoms with Crippen LogP contribution in [0.5, 0.6) is 5.75 Å². The highest BCUT2D eigenvalue weighted by molar-refractivity contribution is 5.94. The van der Waals surface area contributed by atoms with Crippen LogP contribution in [0.15, 0.2) is 42.5 Å². The van der Waals surface area contributed by atoms with Crippen molar-refractivity contribution >= 4 is 11.5 Å². The van der Waals surface area contributed by atoms with E-state index < -0.39 is 11.6 Å². The van der Waals surface area contributed by atoms with Crippen LogP contribution in [0.2, 0.25) is 0 Å².